The standard InChI is InChI=1S/C18H29NO3S/c1-15(2)22-14-6-13-19-23(20,21)18-11-9-17(10-12-18)16-7-4-3-5-8-16/h9-12,15-16,19H,3-8,13-14H2,1-2H3. The molecule has 0 atom stereocenters. The van der Waals surface area contributed by atoms with E-state index in [-0.39, 0.29) is 6.10 Å². The second-order valence-electron chi connectivity index (χ2n) is 6.57. The lowest BCUT2D eigenvalue weighted by Crippen LogP contribution is -2.26. The minimum Gasteiger partial charge on any atom is -0.379 e. The molecular weight excluding hydrogens is 310 g/mol. The van der Waals surface area contributed by atoms with E-state index in [1.807, 2.05) is 26.0 Å². The van der Waals surface area contributed by atoms with Crippen molar-refractivity contribution in [1.82, 2.24) is 4.72 Å². The molecule has 0 unspecified atom stereocenters. The summed E-state index contributed by atoms with van der Waals surface area (Å²) in [7, 11) is -3.41. The first-order valence-corrected chi connectivity index (χ1v) is 10.2. The van der Waals surface area contributed by atoms with Crippen LogP contribution in [0.2, 0.25) is 0 Å². The Hall–Kier alpha value is -0.910. The van der Waals surface area contributed by atoms with E-state index in [4.69, 9.17) is 4.74 Å². The van der Waals surface area contributed by atoms with Crippen LogP contribution in [0.15, 0.2) is 29.2 Å². The molecule has 5 heteroatoms. The number of benzene rings is 1. The fourth-order valence-corrected chi connectivity index (χ4v) is 4.11. The first kappa shape index (κ1) is 18.4. The first-order chi connectivity index (χ1) is 11.0. The summed E-state index contributed by atoms with van der Waals surface area (Å²) in [4.78, 5) is 0.349. The third-order valence-corrected chi connectivity index (χ3v) is 5.81. The van der Waals surface area contributed by atoms with Gasteiger partial charge >= 0.3 is 0 Å². The van der Waals surface area contributed by atoms with E-state index in [0.717, 1.165) is 0 Å². The molecule has 1 aromatic carbocycles. The van der Waals surface area contributed by atoms with Gasteiger partial charge in [0.2, 0.25) is 10.0 Å². The summed E-state index contributed by atoms with van der Waals surface area (Å²) in [5.41, 5.74) is 1.27. The molecule has 1 aromatic rings. The van der Waals surface area contributed by atoms with Gasteiger partial charge in [-0.2, -0.15) is 0 Å². The molecule has 1 saturated carbocycles. The maximum atomic E-state index is 12.3. The maximum Gasteiger partial charge on any atom is 0.240 e. The SMILES string of the molecule is CC(C)OCCCNS(=O)(=O)c1ccc(C2CCCCC2)cc1. The van der Waals surface area contributed by atoms with Crippen molar-refractivity contribution < 1.29 is 13.2 Å². The maximum absolute atomic E-state index is 12.3. The minimum absolute atomic E-state index is 0.180. The van der Waals surface area contributed by atoms with E-state index in [0.29, 0.717) is 30.4 Å². The van der Waals surface area contributed by atoms with Crippen molar-refractivity contribution in [2.75, 3.05) is 13.2 Å². The van der Waals surface area contributed by atoms with Crippen LogP contribution in [-0.4, -0.2) is 27.7 Å². The Kier molecular flexibility index (Phi) is 7.06. The number of nitrogens with one attached hydrogen (secondary N) is 1. The lowest BCUT2D eigenvalue weighted by Gasteiger charge is -2.22. The molecule has 1 aliphatic rings. The largest absolute Gasteiger partial charge is 0.379 e. The molecule has 0 radical (unpaired) electrons. The summed E-state index contributed by atoms with van der Waals surface area (Å²) in [5.74, 6) is 0.599. The smallest absolute Gasteiger partial charge is 0.240 e. The zero-order valence-corrected chi connectivity index (χ0v) is 15.1. The molecule has 0 amide bonds. The summed E-state index contributed by atoms with van der Waals surface area (Å²) in [6, 6.07) is 7.42. The summed E-state index contributed by atoms with van der Waals surface area (Å²) in [5, 5.41) is 0. The van der Waals surface area contributed by atoms with Gasteiger partial charge in [0.25, 0.3) is 0 Å². The normalized spacial score (nSPS) is 16.8. The van der Waals surface area contributed by atoms with Gasteiger partial charge in [-0.3, -0.25) is 0 Å². The Labute approximate surface area is 140 Å². The predicted molar refractivity (Wildman–Crippen MR) is 93.2 cm³/mol. The van der Waals surface area contributed by atoms with Crippen LogP contribution >= 0.6 is 0 Å². The molecule has 0 spiro atoms. The van der Waals surface area contributed by atoms with Gasteiger partial charge in [-0.1, -0.05) is 31.4 Å². The zero-order valence-electron chi connectivity index (χ0n) is 14.3. The van der Waals surface area contributed by atoms with Crippen LogP contribution in [0.3, 0.4) is 0 Å². The summed E-state index contributed by atoms with van der Waals surface area (Å²) < 4.78 is 32.6. The van der Waals surface area contributed by atoms with E-state index in [1.54, 1.807) is 12.1 Å². The molecule has 0 aromatic heterocycles. The minimum atomic E-state index is -3.41. The van der Waals surface area contributed by atoms with Crippen molar-refractivity contribution >= 4 is 10.0 Å². The van der Waals surface area contributed by atoms with Crippen molar-refractivity contribution in [1.29, 1.82) is 0 Å². The number of ether oxygens (including phenoxy) is 1. The van der Waals surface area contributed by atoms with Crippen LogP contribution in [0, 0.1) is 0 Å². The summed E-state index contributed by atoms with van der Waals surface area (Å²) in [6.07, 6.45) is 7.19. The van der Waals surface area contributed by atoms with Gasteiger partial charge in [0.15, 0.2) is 0 Å². The zero-order chi connectivity index (χ0) is 16.7. The first-order valence-electron chi connectivity index (χ1n) is 8.70. The quantitative estimate of drug-likeness (QED) is 0.732. The van der Waals surface area contributed by atoms with E-state index < -0.39 is 10.0 Å². The van der Waals surface area contributed by atoms with Crippen molar-refractivity contribution in [3.05, 3.63) is 29.8 Å². The topological polar surface area (TPSA) is 55.4 Å². The van der Waals surface area contributed by atoms with Crippen molar-refractivity contribution in [2.45, 2.75) is 69.3 Å². The molecule has 4 nitrogen and oxygen atoms in total. The second kappa shape index (κ2) is 8.81. The van der Waals surface area contributed by atoms with Gasteiger partial charge in [0.05, 0.1) is 11.0 Å². The number of hydrogen-bond donors (Lipinski definition) is 1. The summed E-state index contributed by atoms with van der Waals surface area (Å²) in [6.45, 7) is 4.91. The Bertz CT molecular complexity index is 560. The fourth-order valence-electron chi connectivity index (χ4n) is 3.04. The fraction of sp³-hybridized carbons (Fsp3) is 0.667. The predicted octanol–water partition coefficient (Wildman–Crippen LogP) is 3.83. The van der Waals surface area contributed by atoms with E-state index >= 15 is 0 Å². The van der Waals surface area contributed by atoms with Crippen LogP contribution in [0.4, 0.5) is 0 Å². The van der Waals surface area contributed by atoms with Gasteiger partial charge in [-0.25, -0.2) is 13.1 Å². The van der Waals surface area contributed by atoms with Gasteiger partial charge in [-0.15, -0.1) is 0 Å². The lowest BCUT2D eigenvalue weighted by atomic mass is 9.84. The third-order valence-electron chi connectivity index (χ3n) is 4.33. The Balaban J connectivity index is 1.86. The molecule has 130 valence electrons. The number of hydrogen-bond acceptors (Lipinski definition) is 3. The van der Waals surface area contributed by atoms with Crippen molar-refractivity contribution in [3.8, 4) is 0 Å². The number of sulfonamides is 1. The van der Waals surface area contributed by atoms with Crippen LogP contribution in [0.1, 0.15) is 63.9 Å². The van der Waals surface area contributed by atoms with E-state index in [2.05, 4.69) is 4.72 Å². The van der Waals surface area contributed by atoms with Gasteiger partial charge in [0, 0.05) is 13.2 Å². The highest BCUT2D eigenvalue weighted by Crippen LogP contribution is 2.32. The molecule has 1 aliphatic carbocycles. The third kappa shape index (κ3) is 5.90. The van der Waals surface area contributed by atoms with Gasteiger partial charge in [-0.05, 0) is 56.7 Å². The Morgan fingerprint density at radius 1 is 1.13 bits per heavy atom. The van der Waals surface area contributed by atoms with Gasteiger partial charge in [0.1, 0.15) is 0 Å². The Morgan fingerprint density at radius 3 is 2.39 bits per heavy atom. The lowest BCUT2D eigenvalue weighted by molar-refractivity contribution is 0.0778. The molecule has 0 aliphatic heterocycles. The molecule has 0 bridgehead atoms. The Morgan fingerprint density at radius 2 is 1.78 bits per heavy atom. The molecule has 0 saturated heterocycles. The molecule has 0 heterocycles. The van der Waals surface area contributed by atoms with Crippen molar-refractivity contribution in [3.63, 3.8) is 0 Å². The molecule has 2 rings (SSSR count). The van der Waals surface area contributed by atoms with Gasteiger partial charge < -0.3 is 4.74 Å². The van der Waals surface area contributed by atoms with E-state index in [9.17, 15) is 8.42 Å². The molecular formula is C18H29NO3S. The highest BCUT2D eigenvalue weighted by atomic mass is 32.2. The van der Waals surface area contributed by atoms with Crippen LogP contribution < -0.4 is 4.72 Å². The summed E-state index contributed by atoms with van der Waals surface area (Å²) >= 11 is 0. The average molecular weight is 340 g/mol. The number of rotatable bonds is 8. The van der Waals surface area contributed by atoms with E-state index in [1.165, 1.54) is 37.7 Å². The molecule has 1 fully saturated rings. The highest BCUT2D eigenvalue weighted by Gasteiger charge is 2.17. The monoisotopic (exact) mass is 339 g/mol. The van der Waals surface area contributed by atoms with Crippen molar-refractivity contribution in [2.24, 2.45) is 0 Å². The molecule has 1 N–H and O–H groups in total. The average Bonchev–Trinajstić information content (AvgIpc) is 2.55. The second-order valence-corrected chi connectivity index (χ2v) is 8.34. The van der Waals surface area contributed by atoms with Crippen LogP contribution in [0.5, 0.6) is 0 Å². The van der Waals surface area contributed by atoms with Crippen LogP contribution in [0.25, 0.3) is 0 Å². The van der Waals surface area contributed by atoms with Crippen LogP contribution in [-0.2, 0) is 14.8 Å². The molecule has 23 heavy (non-hydrogen) atoms. The highest BCUT2D eigenvalue weighted by molar-refractivity contribution is 7.89.